The van der Waals surface area contributed by atoms with Crippen molar-refractivity contribution < 1.29 is 9.90 Å². The van der Waals surface area contributed by atoms with Crippen LogP contribution in [0.25, 0.3) is 6.08 Å². The fourth-order valence-corrected chi connectivity index (χ4v) is 2.94. The number of aliphatic hydroxyl groups excluding tert-OH is 1. The molecule has 114 valence electrons. The molecule has 0 radical (unpaired) electrons. The maximum Gasteiger partial charge on any atom is 0.246 e. The molecule has 2 rings (SSSR count). The van der Waals surface area contributed by atoms with Crippen LogP contribution in [0.3, 0.4) is 0 Å². The van der Waals surface area contributed by atoms with Crippen molar-refractivity contribution in [2.24, 2.45) is 5.92 Å². The van der Waals surface area contributed by atoms with Crippen LogP contribution in [-0.4, -0.2) is 23.7 Å². The van der Waals surface area contributed by atoms with E-state index < -0.39 is 0 Å². The van der Waals surface area contributed by atoms with Gasteiger partial charge in [0.15, 0.2) is 0 Å². The van der Waals surface area contributed by atoms with Gasteiger partial charge < -0.3 is 10.4 Å². The van der Waals surface area contributed by atoms with Crippen LogP contribution in [0.5, 0.6) is 0 Å². The second-order valence-electron chi connectivity index (χ2n) is 5.78. The number of halogens is 1. The fraction of sp³-hybridized carbons (Fsp3) is 0.471. The summed E-state index contributed by atoms with van der Waals surface area (Å²) in [6.45, 7) is 2.43. The molecular formula is C17H22ClNO2. The molecule has 1 fully saturated rings. The Morgan fingerprint density at radius 1 is 1.48 bits per heavy atom. The topological polar surface area (TPSA) is 49.3 Å². The zero-order valence-electron chi connectivity index (χ0n) is 12.3. The standard InChI is InChI=1S/C17H22ClNO2/c1-12(8-13-4-2-6-15(18)9-13)17(21)19-11-14-5-3-7-16(20)10-14/h2,4,6,8-9,14,16,20H,3,5,7,10-11H2,1H3,(H,19,21)/b12-8-. The van der Waals surface area contributed by atoms with E-state index in [2.05, 4.69) is 5.32 Å². The van der Waals surface area contributed by atoms with Crippen LogP contribution in [0, 0.1) is 5.92 Å². The van der Waals surface area contributed by atoms with Gasteiger partial charge in [0.05, 0.1) is 6.10 Å². The van der Waals surface area contributed by atoms with Gasteiger partial charge in [-0.1, -0.05) is 30.2 Å². The highest BCUT2D eigenvalue weighted by atomic mass is 35.5. The summed E-state index contributed by atoms with van der Waals surface area (Å²) in [7, 11) is 0. The van der Waals surface area contributed by atoms with E-state index in [1.54, 1.807) is 6.92 Å². The minimum absolute atomic E-state index is 0.0601. The highest BCUT2D eigenvalue weighted by Gasteiger charge is 2.20. The monoisotopic (exact) mass is 307 g/mol. The van der Waals surface area contributed by atoms with Crippen molar-refractivity contribution in [1.82, 2.24) is 5.32 Å². The molecule has 0 bridgehead atoms. The smallest absolute Gasteiger partial charge is 0.246 e. The highest BCUT2D eigenvalue weighted by Crippen LogP contribution is 2.23. The first-order valence-corrected chi connectivity index (χ1v) is 7.82. The Balaban J connectivity index is 1.87. The average Bonchev–Trinajstić information content (AvgIpc) is 2.45. The molecule has 1 aromatic carbocycles. The second-order valence-corrected chi connectivity index (χ2v) is 6.22. The second kappa shape index (κ2) is 7.62. The Hall–Kier alpha value is -1.32. The van der Waals surface area contributed by atoms with Crippen molar-refractivity contribution in [1.29, 1.82) is 0 Å². The Bertz CT molecular complexity index is 527. The van der Waals surface area contributed by atoms with E-state index in [9.17, 15) is 9.90 Å². The average molecular weight is 308 g/mol. The zero-order chi connectivity index (χ0) is 15.2. The molecule has 1 saturated carbocycles. The summed E-state index contributed by atoms with van der Waals surface area (Å²) in [6.07, 6.45) is 5.42. The number of benzene rings is 1. The number of nitrogens with one attached hydrogen (secondary N) is 1. The predicted octanol–water partition coefficient (Wildman–Crippen LogP) is 3.41. The molecule has 2 atom stereocenters. The lowest BCUT2D eigenvalue weighted by molar-refractivity contribution is -0.117. The Labute approximate surface area is 131 Å². The first kappa shape index (κ1) is 16.1. The van der Waals surface area contributed by atoms with Crippen LogP contribution in [0.1, 0.15) is 38.2 Å². The summed E-state index contributed by atoms with van der Waals surface area (Å²) in [5.41, 5.74) is 1.58. The van der Waals surface area contributed by atoms with Gasteiger partial charge in [-0.25, -0.2) is 0 Å². The highest BCUT2D eigenvalue weighted by molar-refractivity contribution is 6.30. The van der Waals surface area contributed by atoms with Crippen LogP contribution in [0.15, 0.2) is 29.8 Å². The van der Waals surface area contributed by atoms with Gasteiger partial charge in [0, 0.05) is 17.1 Å². The van der Waals surface area contributed by atoms with Gasteiger partial charge >= 0.3 is 0 Å². The molecule has 0 heterocycles. The van der Waals surface area contributed by atoms with E-state index in [-0.39, 0.29) is 12.0 Å². The van der Waals surface area contributed by atoms with Crippen LogP contribution in [0.2, 0.25) is 5.02 Å². The van der Waals surface area contributed by atoms with E-state index in [1.807, 2.05) is 30.3 Å². The minimum Gasteiger partial charge on any atom is -0.393 e. The molecule has 0 aliphatic heterocycles. The number of hydrogen-bond donors (Lipinski definition) is 2. The van der Waals surface area contributed by atoms with Gasteiger partial charge in [0.1, 0.15) is 0 Å². The van der Waals surface area contributed by atoms with Gasteiger partial charge in [-0.2, -0.15) is 0 Å². The molecule has 1 aliphatic carbocycles. The SMILES string of the molecule is C/C(=C/c1cccc(Cl)c1)C(=O)NCC1CCCC(O)C1. The van der Waals surface area contributed by atoms with Gasteiger partial charge in [-0.15, -0.1) is 0 Å². The van der Waals surface area contributed by atoms with Crippen LogP contribution >= 0.6 is 11.6 Å². The molecule has 4 heteroatoms. The van der Waals surface area contributed by atoms with Crippen molar-refractivity contribution >= 4 is 23.6 Å². The zero-order valence-corrected chi connectivity index (χ0v) is 13.1. The number of amides is 1. The summed E-state index contributed by atoms with van der Waals surface area (Å²) in [5.74, 6) is 0.326. The first-order valence-electron chi connectivity index (χ1n) is 7.44. The van der Waals surface area contributed by atoms with Crippen LogP contribution in [0.4, 0.5) is 0 Å². The van der Waals surface area contributed by atoms with E-state index in [0.717, 1.165) is 31.2 Å². The normalized spacial score (nSPS) is 22.9. The lowest BCUT2D eigenvalue weighted by atomic mass is 9.87. The summed E-state index contributed by atoms with van der Waals surface area (Å²) in [4.78, 5) is 12.1. The third-order valence-corrected chi connectivity index (χ3v) is 4.13. The lowest BCUT2D eigenvalue weighted by Crippen LogP contribution is -2.33. The predicted molar refractivity (Wildman–Crippen MR) is 86.1 cm³/mol. The van der Waals surface area contributed by atoms with E-state index in [0.29, 0.717) is 23.1 Å². The van der Waals surface area contributed by atoms with Crippen LogP contribution < -0.4 is 5.32 Å². The van der Waals surface area contributed by atoms with Crippen LogP contribution in [-0.2, 0) is 4.79 Å². The van der Waals surface area contributed by atoms with E-state index >= 15 is 0 Å². The Morgan fingerprint density at radius 2 is 2.29 bits per heavy atom. The molecule has 1 amide bonds. The maximum absolute atomic E-state index is 12.1. The molecule has 1 aliphatic rings. The lowest BCUT2D eigenvalue weighted by Gasteiger charge is -2.25. The van der Waals surface area contributed by atoms with Crippen molar-refractivity contribution in [3.05, 3.63) is 40.4 Å². The quantitative estimate of drug-likeness (QED) is 0.838. The molecule has 2 unspecified atom stereocenters. The van der Waals surface area contributed by atoms with Crippen molar-refractivity contribution in [3.63, 3.8) is 0 Å². The molecule has 3 nitrogen and oxygen atoms in total. The third-order valence-electron chi connectivity index (χ3n) is 3.90. The Morgan fingerprint density at radius 3 is 3.00 bits per heavy atom. The summed E-state index contributed by atoms with van der Waals surface area (Å²) >= 11 is 5.93. The molecule has 0 saturated heterocycles. The third kappa shape index (κ3) is 5.18. The number of carbonyl (C=O) groups excluding carboxylic acids is 1. The number of carbonyl (C=O) groups is 1. The number of rotatable bonds is 4. The molecule has 0 aromatic heterocycles. The molecule has 0 spiro atoms. The van der Waals surface area contributed by atoms with E-state index in [1.165, 1.54) is 0 Å². The molecule has 2 N–H and O–H groups in total. The molecular weight excluding hydrogens is 286 g/mol. The molecule has 1 aromatic rings. The van der Waals surface area contributed by atoms with Gasteiger partial charge in [-0.05, 0) is 55.9 Å². The largest absolute Gasteiger partial charge is 0.393 e. The summed E-state index contributed by atoms with van der Waals surface area (Å²) in [5, 5.41) is 13.3. The van der Waals surface area contributed by atoms with Crippen molar-refractivity contribution in [2.75, 3.05) is 6.54 Å². The number of hydrogen-bond acceptors (Lipinski definition) is 2. The van der Waals surface area contributed by atoms with Gasteiger partial charge in [0.25, 0.3) is 0 Å². The Kier molecular flexibility index (Phi) is 5.83. The summed E-state index contributed by atoms with van der Waals surface area (Å²) < 4.78 is 0. The summed E-state index contributed by atoms with van der Waals surface area (Å²) in [6, 6.07) is 7.42. The fourth-order valence-electron chi connectivity index (χ4n) is 2.74. The number of aliphatic hydroxyl groups is 1. The first-order chi connectivity index (χ1) is 10.0. The van der Waals surface area contributed by atoms with Gasteiger partial charge in [-0.3, -0.25) is 4.79 Å². The molecule has 21 heavy (non-hydrogen) atoms. The van der Waals surface area contributed by atoms with Crippen molar-refractivity contribution in [3.8, 4) is 0 Å². The van der Waals surface area contributed by atoms with E-state index in [4.69, 9.17) is 11.6 Å². The van der Waals surface area contributed by atoms with Gasteiger partial charge in [0.2, 0.25) is 5.91 Å². The minimum atomic E-state index is -0.205. The maximum atomic E-state index is 12.1. The van der Waals surface area contributed by atoms with Crippen molar-refractivity contribution in [2.45, 2.75) is 38.7 Å².